The molecule has 0 N–H and O–H groups in total. The van der Waals surface area contributed by atoms with Crippen molar-refractivity contribution >= 4 is 0 Å². The van der Waals surface area contributed by atoms with Crippen LogP contribution < -0.4 is 0 Å². The Morgan fingerprint density at radius 1 is 1.62 bits per heavy atom. The molecule has 1 fully saturated rings. The summed E-state index contributed by atoms with van der Waals surface area (Å²) in [7, 11) is 0. The molecular weight excluding hydrogens is 100 g/mol. The van der Waals surface area contributed by atoms with Gasteiger partial charge in [-0.05, 0) is 26.2 Å². The first-order valence-corrected chi connectivity index (χ1v) is 3.10. The molecule has 1 heteroatoms. The third kappa shape index (κ3) is 1.22. The minimum Gasteiger partial charge on any atom is -0.375 e. The Balaban J connectivity index is 2.44. The number of hydrogen-bond acceptors (Lipinski definition) is 1. The van der Waals surface area contributed by atoms with Crippen molar-refractivity contribution in [3.05, 3.63) is 6.42 Å². The van der Waals surface area contributed by atoms with Gasteiger partial charge >= 0.3 is 0 Å². The summed E-state index contributed by atoms with van der Waals surface area (Å²) in [5, 5.41) is 0. The molecule has 1 aliphatic heterocycles. The first-order valence-electron chi connectivity index (χ1n) is 3.10. The van der Waals surface area contributed by atoms with Crippen molar-refractivity contribution in [1.82, 2.24) is 0 Å². The first kappa shape index (κ1) is 6.09. The van der Waals surface area contributed by atoms with Crippen LogP contribution in [0.25, 0.3) is 0 Å². The van der Waals surface area contributed by atoms with Gasteiger partial charge in [-0.1, -0.05) is 6.92 Å². The fourth-order valence-electron chi connectivity index (χ4n) is 1.13. The second-order valence-electron chi connectivity index (χ2n) is 3.06. The van der Waals surface area contributed by atoms with Gasteiger partial charge in [0.05, 0.1) is 12.2 Å². The molecule has 0 amide bonds. The highest BCUT2D eigenvalue weighted by atomic mass is 16.5. The Labute approximate surface area is 51.0 Å². The van der Waals surface area contributed by atoms with Crippen molar-refractivity contribution in [3.63, 3.8) is 0 Å². The second kappa shape index (κ2) is 1.73. The molecule has 1 heterocycles. The number of rotatable bonds is 0. The van der Waals surface area contributed by atoms with E-state index in [9.17, 15) is 0 Å². The standard InChI is InChI=1S/C7H13O/c1-6-4-7(2,3)8-5-6/h4,6H,5H2,1-3H3. The summed E-state index contributed by atoms with van der Waals surface area (Å²) in [6.45, 7) is 7.26. The van der Waals surface area contributed by atoms with Gasteiger partial charge in [0.2, 0.25) is 0 Å². The van der Waals surface area contributed by atoms with E-state index in [1.807, 2.05) is 0 Å². The van der Waals surface area contributed by atoms with E-state index >= 15 is 0 Å². The SMILES string of the molecule is CC1[CH]C(C)(C)OC1. The van der Waals surface area contributed by atoms with Crippen molar-refractivity contribution in [2.45, 2.75) is 26.4 Å². The van der Waals surface area contributed by atoms with Gasteiger partial charge in [0.15, 0.2) is 0 Å². The fraction of sp³-hybridized carbons (Fsp3) is 0.857. The highest BCUT2D eigenvalue weighted by Crippen LogP contribution is 2.26. The molecule has 1 rings (SSSR count). The fourth-order valence-corrected chi connectivity index (χ4v) is 1.13. The highest BCUT2D eigenvalue weighted by molar-refractivity contribution is 4.95. The maximum Gasteiger partial charge on any atom is 0.0661 e. The Bertz CT molecular complexity index is 86.4. The van der Waals surface area contributed by atoms with Gasteiger partial charge in [0.1, 0.15) is 0 Å². The Morgan fingerprint density at radius 3 is 2.38 bits per heavy atom. The maximum absolute atomic E-state index is 5.40. The maximum atomic E-state index is 5.40. The van der Waals surface area contributed by atoms with Gasteiger partial charge in [0.25, 0.3) is 0 Å². The van der Waals surface area contributed by atoms with E-state index in [1.54, 1.807) is 0 Å². The summed E-state index contributed by atoms with van der Waals surface area (Å²) in [5.41, 5.74) is 0.0411. The summed E-state index contributed by atoms with van der Waals surface area (Å²) in [4.78, 5) is 0. The van der Waals surface area contributed by atoms with Gasteiger partial charge in [-0.25, -0.2) is 0 Å². The van der Waals surface area contributed by atoms with Crippen LogP contribution in [0.15, 0.2) is 0 Å². The van der Waals surface area contributed by atoms with E-state index in [4.69, 9.17) is 4.74 Å². The predicted octanol–water partition coefficient (Wildman–Crippen LogP) is 1.64. The summed E-state index contributed by atoms with van der Waals surface area (Å²) >= 11 is 0. The van der Waals surface area contributed by atoms with Crippen LogP contribution in [-0.2, 0) is 4.74 Å². The molecule has 8 heavy (non-hydrogen) atoms. The lowest BCUT2D eigenvalue weighted by atomic mass is 10.00. The van der Waals surface area contributed by atoms with Crippen LogP contribution in [0.4, 0.5) is 0 Å². The zero-order valence-corrected chi connectivity index (χ0v) is 5.77. The van der Waals surface area contributed by atoms with Gasteiger partial charge in [0, 0.05) is 0 Å². The van der Waals surface area contributed by atoms with Crippen LogP contribution >= 0.6 is 0 Å². The molecule has 1 saturated heterocycles. The zero-order chi connectivity index (χ0) is 6.20. The van der Waals surface area contributed by atoms with Crippen molar-refractivity contribution in [2.75, 3.05) is 6.61 Å². The predicted molar refractivity (Wildman–Crippen MR) is 33.5 cm³/mol. The van der Waals surface area contributed by atoms with E-state index < -0.39 is 0 Å². The minimum absolute atomic E-state index is 0.0411. The van der Waals surface area contributed by atoms with Crippen LogP contribution in [0.2, 0.25) is 0 Å². The molecule has 1 radical (unpaired) electrons. The molecule has 1 unspecified atom stereocenters. The monoisotopic (exact) mass is 113 g/mol. The molecular formula is C7H13O. The lowest BCUT2D eigenvalue weighted by Gasteiger charge is -2.14. The average molecular weight is 113 g/mol. The van der Waals surface area contributed by atoms with Crippen molar-refractivity contribution < 1.29 is 4.74 Å². The van der Waals surface area contributed by atoms with Crippen molar-refractivity contribution in [2.24, 2.45) is 5.92 Å². The Morgan fingerprint density at radius 2 is 2.25 bits per heavy atom. The summed E-state index contributed by atoms with van der Waals surface area (Å²) in [6, 6.07) is 0. The molecule has 1 aliphatic rings. The molecule has 47 valence electrons. The zero-order valence-electron chi connectivity index (χ0n) is 5.77. The van der Waals surface area contributed by atoms with E-state index in [0.29, 0.717) is 5.92 Å². The lowest BCUT2D eigenvalue weighted by molar-refractivity contribution is 0.0498. The summed E-state index contributed by atoms with van der Waals surface area (Å²) < 4.78 is 5.40. The average Bonchev–Trinajstić information content (AvgIpc) is 1.82. The number of ether oxygens (including phenoxy) is 1. The molecule has 0 bridgehead atoms. The summed E-state index contributed by atoms with van der Waals surface area (Å²) in [5.74, 6) is 0.644. The largest absolute Gasteiger partial charge is 0.375 e. The van der Waals surface area contributed by atoms with Gasteiger partial charge in [-0.3, -0.25) is 0 Å². The minimum atomic E-state index is 0.0411. The van der Waals surface area contributed by atoms with Crippen LogP contribution in [0, 0.1) is 12.3 Å². The van der Waals surface area contributed by atoms with Gasteiger partial charge in [-0.15, -0.1) is 0 Å². The van der Waals surface area contributed by atoms with Crippen LogP contribution in [-0.4, -0.2) is 12.2 Å². The first-order chi connectivity index (χ1) is 3.60. The lowest BCUT2D eigenvalue weighted by Crippen LogP contribution is -2.17. The van der Waals surface area contributed by atoms with Gasteiger partial charge in [-0.2, -0.15) is 0 Å². The number of hydrogen-bond donors (Lipinski definition) is 0. The normalized spacial score (nSPS) is 35.6. The van der Waals surface area contributed by atoms with Crippen molar-refractivity contribution in [1.29, 1.82) is 0 Å². The smallest absolute Gasteiger partial charge is 0.0661 e. The second-order valence-corrected chi connectivity index (χ2v) is 3.06. The molecule has 1 atom stereocenters. The third-order valence-corrected chi connectivity index (χ3v) is 1.40. The van der Waals surface area contributed by atoms with E-state index in [0.717, 1.165) is 6.61 Å². The van der Waals surface area contributed by atoms with E-state index in [2.05, 4.69) is 27.2 Å². The molecule has 0 aromatic rings. The molecule has 0 aromatic heterocycles. The molecule has 0 aromatic carbocycles. The Hall–Kier alpha value is -0.0400. The molecule has 0 saturated carbocycles. The van der Waals surface area contributed by atoms with Crippen LogP contribution in [0.5, 0.6) is 0 Å². The van der Waals surface area contributed by atoms with E-state index in [-0.39, 0.29) is 5.60 Å². The molecule has 1 nitrogen and oxygen atoms in total. The van der Waals surface area contributed by atoms with E-state index in [1.165, 1.54) is 0 Å². The van der Waals surface area contributed by atoms with Crippen LogP contribution in [0.3, 0.4) is 0 Å². The quantitative estimate of drug-likeness (QED) is 0.464. The van der Waals surface area contributed by atoms with Crippen LogP contribution in [0.1, 0.15) is 20.8 Å². The van der Waals surface area contributed by atoms with Crippen molar-refractivity contribution in [3.8, 4) is 0 Å². The topological polar surface area (TPSA) is 9.23 Å². The highest BCUT2D eigenvalue weighted by Gasteiger charge is 2.29. The Kier molecular flexibility index (Phi) is 1.31. The summed E-state index contributed by atoms with van der Waals surface area (Å²) in [6.07, 6.45) is 2.24. The van der Waals surface area contributed by atoms with Gasteiger partial charge < -0.3 is 4.74 Å². The third-order valence-electron chi connectivity index (χ3n) is 1.40. The molecule has 0 aliphatic carbocycles. The molecule has 0 spiro atoms.